The van der Waals surface area contributed by atoms with Gasteiger partial charge in [-0.2, -0.15) is 26.3 Å². The fourth-order valence-electron chi connectivity index (χ4n) is 3.76. The van der Waals surface area contributed by atoms with Gasteiger partial charge in [-0.05, 0) is 35.4 Å². The number of hydrogen-bond acceptors (Lipinski definition) is 4. The summed E-state index contributed by atoms with van der Waals surface area (Å²) in [6.45, 7) is 8.85. The largest absolute Gasteiger partial charge is 0.422 e. The SMILES string of the molecule is C=CCNC(=O)[C@@H](C)[C@](O)(c1ccc(Br)cc1)C(F)(F)F.C=CCNC(=O)[C@@H](C)[C@](O)(c1ccc(Br)cc1)C(F)(F)F. The second-order valence-corrected chi connectivity index (χ2v) is 10.9. The number of nitrogens with one attached hydrogen (secondary N) is 2. The summed E-state index contributed by atoms with van der Waals surface area (Å²) in [7, 11) is 0. The van der Waals surface area contributed by atoms with E-state index in [9.17, 15) is 46.1 Å². The molecule has 0 heterocycles. The third-order valence-electron chi connectivity index (χ3n) is 6.31. The highest BCUT2D eigenvalue weighted by molar-refractivity contribution is 9.10. The normalized spacial score (nSPS) is 15.9. The zero-order valence-electron chi connectivity index (χ0n) is 22.5. The van der Waals surface area contributed by atoms with Crippen molar-refractivity contribution in [3.8, 4) is 0 Å². The average molecular weight is 732 g/mol. The Morgan fingerprint density at radius 3 is 1.19 bits per heavy atom. The first-order chi connectivity index (χ1) is 19.3. The van der Waals surface area contributed by atoms with Crippen LogP contribution >= 0.6 is 31.9 Å². The van der Waals surface area contributed by atoms with Gasteiger partial charge in [0.1, 0.15) is 0 Å². The molecule has 14 heteroatoms. The molecule has 0 aromatic heterocycles. The average Bonchev–Trinajstić information content (AvgIpc) is 2.92. The summed E-state index contributed by atoms with van der Waals surface area (Å²) in [5, 5.41) is 25.0. The van der Waals surface area contributed by atoms with Crippen molar-refractivity contribution in [2.75, 3.05) is 13.1 Å². The molecule has 42 heavy (non-hydrogen) atoms. The van der Waals surface area contributed by atoms with Crippen LogP contribution in [0, 0.1) is 11.8 Å². The molecule has 2 aromatic carbocycles. The van der Waals surface area contributed by atoms with Crippen molar-refractivity contribution in [2.24, 2.45) is 11.8 Å². The van der Waals surface area contributed by atoms with Gasteiger partial charge in [0.15, 0.2) is 11.2 Å². The van der Waals surface area contributed by atoms with Crippen molar-refractivity contribution in [1.82, 2.24) is 10.6 Å². The number of alkyl halides is 6. The molecule has 0 aliphatic carbocycles. The quantitative estimate of drug-likeness (QED) is 0.171. The van der Waals surface area contributed by atoms with E-state index in [2.05, 4.69) is 55.7 Å². The van der Waals surface area contributed by atoms with E-state index < -0.39 is 47.2 Å². The topological polar surface area (TPSA) is 98.7 Å². The van der Waals surface area contributed by atoms with Crippen LogP contribution in [0.5, 0.6) is 0 Å². The lowest BCUT2D eigenvalue weighted by Crippen LogP contribution is -2.52. The maximum atomic E-state index is 13.4. The first-order valence-electron chi connectivity index (χ1n) is 12.2. The van der Waals surface area contributed by atoms with E-state index >= 15 is 0 Å². The van der Waals surface area contributed by atoms with Gasteiger partial charge in [-0.15, -0.1) is 13.2 Å². The van der Waals surface area contributed by atoms with E-state index in [0.717, 1.165) is 38.1 Å². The summed E-state index contributed by atoms with van der Waals surface area (Å²) in [6.07, 6.45) is -7.30. The Kier molecular flexibility index (Phi) is 13.5. The number of carbonyl (C=O) groups is 2. The molecule has 0 aliphatic heterocycles. The van der Waals surface area contributed by atoms with Crippen molar-refractivity contribution < 1.29 is 46.1 Å². The zero-order valence-corrected chi connectivity index (χ0v) is 25.7. The molecule has 0 saturated heterocycles. The predicted molar refractivity (Wildman–Crippen MR) is 153 cm³/mol. The highest BCUT2D eigenvalue weighted by atomic mass is 79.9. The summed E-state index contributed by atoms with van der Waals surface area (Å²) in [6, 6.07) is 10.0. The van der Waals surface area contributed by atoms with Gasteiger partial charge in [0.25, 0.3) is 0 Å². The Morgan fingerprint density at radius 2 is 0.976 bits per heavy atom. The van der Waals surface area contributed by atoms with Crippen LogP contribution in [-0.4, -0.2) is 47.5 Å². The van der Waals surface area contributed by atoms with Gasteiger partial charge in [-0.3, -0.25) is 9.59 Å². The lowest BCUT2D eigenvalue weighted by molar-refractivity contribution is -0.282. The third-order valence-corrected chi connectivity index (χ3v) is 7.37. The highest BCUT2D eigenvalue weighted by Gasteiger charge is 2.61. The van der Waals surface area contributed by atoms with E-state index in [1.54, 1.807) is 0 Å². The van der Waals surface area contributed by atoms with E-state index in [1.165, 1.54) is 36.4 Å². The summed E-state index contributed by atoms with van der Waals surface area (Å²) < 4.78 is 81.3. The van der Waals surface area contributed by atoms with E-state index in [-0.39, 0.29) is 24.2 Å². The molecule has 6 nitrogen and oxygen atoms in total. The molecule has 0 bridgehead atoms. The maximum absolute atomic E-state index is 13.4. The first-order valence-corrected chi connectivity index (χ1v) is 13.7. The number of amides is 2. The molecule has 0 saturated carbocycles. The van der Waals surface area contributed by atoms with Crippen LogP contribution in [0.15, 0.2) is 82.8 Å². The molecule has 0 unspecified atom stereocenters. The van der Waals surface area contributed by atoms with Gasteiger partial charge in [-0.25, -0.2) is 0 Å². The van der Waals surface area contributed by atoms with Gasteiger partial charge < -0.3 is 20.8 Å². The van der Waals surface area contributed by atoms with Gasteiger partial charge in [-0.1, -0.05) is 82.1 Å². The number of benzene rings is 2. The Hall–Kier alpha value is -2.68. The molecule has 0 aliphatic rings. The lowest BCUT2D eigenvalue weighted by Gasteiger charge is -2.35. The Labute approximate surface area is 256 Å². The summed E-state index contributed by atoms with van der Waals surface area (Å²) in [5.74, 6) is -5.23. The van der Waals surface area contributed by atoms with E-state index in [0.29, 0.717) is 8.95 Å². The molecule has 4 N–H and O–H groups in total. The standard InChI is InChI=1S/2C14H15BrF3NO2/c2*1-3-8-19-12(20)9(2)13(21,14(16,17)18)10-4-6-11(15)7-5-10/h2*3-7,9,21H,1,8H2,2H3,(H,19,20)/t2*9-,13+/m11/s1. The smallest absolute Gasteiger partial charge is 0.376 e. The monoisotopic (exact) mass is 730 g/mol. The minimum Gasteiger partial charge on any atom is -0.376 e. The summed E-state index contributed by atoms with van der Waals surface area (Å²) in [4.78, 5) is 23.6. The summed E-state index contributed by atoms with van der Waals surface area (Å²) >= 11 is 6.22. The maximum Gasteiger partial charge on any atom is 0.422 e. The van der Waals surface area contributed by atoms with Gasteiger partial charge in [0, 0.05) is 22.0 Å². The van der Waals surface area contributed by atoms with Gasteiger partial charge in [0.05, 0.1) is 11.8 Å². The van der Waals surface area contributed by atoms with Crippen LogP contribution in [0.25, 0.3) is 0 Å². The molecule has 2 rings (SSSR count). The Balaban J connectivity index is 0.000000420. The molecule has 4 atom stereocenters. The second kappa shape index (κ2) is 15.2. The fraction of sp³-hybridized carbons (Fsp3) is 0.357. The first kappa shape index (κ1) is 37.3. The molecule has 0 spiro atoms. The predicted octanol–water partition coefficient (Wildman–Crippen LogP) is 6.27. The van der Waals surface area contributed by atoms with Crippen molar-refractivity contribution in [3.63, 3.8) is 0 Å². The number of rotatable bonds is 10. The highest BCUT2D eigenvalue weighted by Crippen LogP contribution is 2.46. The van der Waals surface area contributed by atoms with Crippen LogP contribution < -0.4 is 10.6 Å². The lowest BCUT2D eigenvalue weighted by atomic mass is 9.81. The number of carbonyl (C=O) groups excluding carboxylic acids is 2. The van der Waals surface area contributed by atoms with Crippen LogP contribution in [0.4, 0.5) is 26.3 Å². The second-order valence-electron chi connectivity index (χ2n) is 9.05. The molecule has 232 valence electrons. The molecule has 0 radical (unpaired) electrons. The van der Waals surface area contributed by atoms with E-state index in [4.69, 9.17) is 0 Å². The van der Waals surface area contributed by atoms with Crippen molar-refractivity contribution in [2.45, 2.75) is 37.4 Å². The van der Waals surface area contributed by atoms with Crippen molar-refractivity contribution >= 4 is 43.7 Å². The third kappa shape index (κ3) is 8.68. The molecular formula is C28H30Br2F6N2O4. The minimum atomic E-state index is -4.99. The van der Waals surface area contributed by atoms with Gasteiger partial charge >= 0.3 is 12.4 Å². The van der Waals surface area contributed by atoms with Crippen LogP contribution in [0.1, 0.15) is 25.0 Å². The van der Waals surface area contributed by atoms with Crippen LogP contribution in [-0.2, 0) is 20.8 Å². The van der Waals surface area contributed by atoms with Crippen LogP contribution in [0.2, 0.25) is 0 Å². The Morgan fingerprint density at radius 1 is 0.714 bits per heavy atom. The Bertz CT molecular complexity index is 1130. The molecule has 2 amide bonds. The van der Waals surface area contributed by atoms with Crippen molar-refractivity contribution in [1.29, 1.82) is 0 Å². The number of aliphatic hydroxyl groups is 2. The minimum absolute atomic E-state index is 0.0252. The number of hydrogen-bond donors (Lipinski definition) is 4. The molecular weight excluding hydrogens is 702 g/mol. The zero-order chi connectivity index (χ0) is 32.5. The van der Waals surface area contributed by atoms with Crippen molar-refractivity contribution in [3.05, 3.63) is 93.9 Å². The summed E-state index contributed by atoms with van der Waals surface area (Å²) in [5.41, 5.74) is -7.31. The fourth-order valence-corrected chi connectivity index (χ4v) is 4.29. The van der Waals surface area contributed by atoms with E-state index in [1.807, 2.05) is 0 Å². The van der Waals surface area contributed by atoms with Crippen LogP contribution in [0.3, 0.4) is 0 Å². The number of halogens is 8. The molecule has 0 fully saturated rings. The van der Waals surface area contributed by atoms with Gasteiger partial charge in [0.2, 0.25) is 11.8 Å². The molecule has 2 aromatic rings.